The lowest BCUT2D eigenvalue weighted by Gasteiger charge is -2.17. The van der Waals surface area contributed by atoms with Crippen molar-refractivity contribution in [3.05, 3.63) is 29.3 Å². The average Bonchev–Trinajstić information content (AvgIpc) is 2.99. The van der Waals surface area contributed by atoms with Gasteiger partial charge in [0.2, 0.25) is 5.91 Å². The fourth-order valence-corrected chi connectivity index (χ4v) is 3.59. The van der Waals surface area contributed by atoms with Gasteiger partial charge >= 0.3 is 0 Å². The quantitative estimate of drug-likeness (QED) is 0.785. The Morgan fingerprint density at radius 2 is 1.91 bits per heavy atom. The maximum atomic E-state index is 12.2. The summed E-state index contributed by atoms with van der Waals surface area (Å²) in [6.45, 7) is 2.04. The summed E-state index contributed by atoms with van der Waals surface area (Å²) in [5, 5.41) is 0.0422. The van der Waals surface area contributed by atoms with Crippen molar-refractivity contribution in [1.29, 1.82) is 0 Å². The van der Waals surface area contributed by atoms with Crippen LogP contribution in [0.3, 0.4) is 0 Å². The van der Waals surface area contributed by atoms with Crippen molar-refractivity contribution in [2.45, 2.75) is 13.3 Å². The molecule has 3 rings (SSSR count). The molecule has 2 aliphatic heterocycles. The summed E-state index contributed by atoms with van der Waals surface area (Å²) in [4.78, 5) is 49.9. The van der Waals surface area contributed by atoms with E-state index in [1.807, 2.05) is 0 Å². The second-order valence-electron chi connectivity index (χ2n) is 5.78. The summed E-state index contributed by atoms with van der Waals surface area (Å²) >= 11 is 1.23. The van der Waals surface area contributed by atoms with Gasteiger partial charge < -0.3 is 4.90 Å². The Balaban J connectivity index is 1.81. The number of hydrogen-bond acceptors (Lipinski definition) is 5. The summed E-state index contributed by atoms with van der Waals surface area (Å²) in [5.74, 6) is 0.0407. The minimum atomic E-state index is -0.345. The van der Waals surface area contributed by atoms with Crippen molar-refractivity contribution < 1.29 is 19.2 Å². The van der Waals surface area contributed by atoms with Crippen LogP contribution in [0.25, 0.3) is 0 Å². The van der Waals surface area contributed by atoms with E-state index in [0.29, 0.717) is 35.5 Å². The fraction of sp³-hybridized carbons (Fsp3) is 0.375. The van der Waals surface area contributed by atoms with Crippen molar-refractivity contribution in [3.8, 4) is 0 Å². The first-order chi connectivity index (χ1) is 10.9. The maximum Gasteiger partial charge on any atom is 0.261 e. The number of rotatable bonds is 3. The molecule has 3 amide bonds. The summed E-state index contributed by atoms with van der Waals surface area (Å²) in [6, 6.07) is 4.90. The smallest absolute Gasteiger partial charge is 0.261 e. The zero-order valence-electron chi connectivity index (χ0n) is 12.9. The van der Waals surface area contributed by atoms with E-state index in [1.54, 1.807) is 23.1 Å². The SMILES string of the molecule is CC(=O)SCC1CC(=O)N(c2ccc3c(c2)C(=O)N(C)C3=O)C1. The van der Waals surface area contributed by atoms with Crippen LogP contribution in [0.1, 0.15) is 34.1 Å². The highest BCUT2D eigenvalue weighted by Gasteiger charge is 2.35. The number of carbonyl (C=O) groups excluding carboxylic acids is 4. The molecule has 2 aliphatic rings. The Bertz CT molecular complexity index is 731. The molecule has 1 saturated heterocycles. The largest absolute Gasteiger partial charge is 0.312 e. The molecule has 0 aromatic heterocycles. The second kappa shape index (κ2) is 5.81. The molecule has 0 radical (unpaired) electrons. The molecule has 0 bridgehead atoms. The number of thioether (sulfide) groups is 1. The van der Waals surface area contributed by atoms with E-state index >= 15 is 0 Å². The van der Waals surface area contributed by atoms with Crippen LogP contribution in [0, 0.1) is 5.92 Å². The molecule has 1 aromatic rings. The molecule has 0 saturated carbocycles. The number of imide groups is 1. The van der Waals surface area contributed by atoms with Gasteiger partial charge in [0, 0.05) is 38.4 Å². The first-order valence-electron chi connectivity index (χ1n) is 7.28. The number of fused-ring (bicyclic) bond motifs is 1. The number of nitrogens with zero attached hydrogens (tertiary/aromatic N) is 2. The molecular weight excluding hydrogens is 316 g/mol. The molecule has 120 valence electrons. The third-order valence-corrected chi connectivity index (χ3v) is 5.16. The van der Waals surface area contributed by atoms with E-state index in [9.17, 15) is 19.2 Å². The standard InChI is InChI=1S/C16H16N2O4S/c1-9(19)23-8-10-5-14(20)18(7-10)11-3-4-12-13(6-11)16(22)17(2)15(12)21/h3-4,6,10H,5,7-8H2,1-2H3. The van der Waals surface area contributed by atoms with Gasteiger partial charge in [0.1, 0.15) is 0 Å². The van der Waals surface area contributed by atoms with Crippen LogP contribution < -0.4 is 4.90 Å². The molecule has 7 heteroatoms. The molecule has 1 atom stereocenters. The predicted molar refractivity (Wildman–Crippen MR) is 86.5 cm³/mol. The first-order valence-corrected chi connectivity index (χ1v) is 8.27. The van der Waals surface area contributed by atoms with Gasteiger partial charge in [0.15, 0.2) is 5.12 Å². The zero-order chi connectivity index (χ0) is 16.7. The number of anilines is 1. The average molecular weight is 332 g/mol. The van der Waals surface area contributed by atoms with E-state index in [2.05, 4.69) is 0 Å². The Kier molecular flexibility index (Phi) is 3.97. The second-order valence-corrected chi connectivity index (χ2v) is 6.97. The van der Waals surface area contributed by atoms with Crippen molar-refractivity contribution in [2.24, 2.45) is 5.92 Å². The van der Waals surface area contributed by atoms with Gasteiger partial charge in [-0.3, -0.25) is 24.1 Å². The van der Waals surface area contributed by atoms with Crippen molar-refractivity contribution in [2.75, 3.05) is 24.2 Å². The Morgan fingerprint density at radius 1 is 1.22 bits per heavy atom. The van der Waals surface area contributed by atoms with E-state index in [4.69, 9.17) is 0 Å². The van der Waals surface area contributed by atoms with Crippen molar-refractivity contribution in [3.63, 3.8) is 0 Å². The normalized spacial score (nSPS) is 20.4. The van der Waals surface area contributed by atoms with Crippen LogP contribution >= 0.6 is 11.8 Å². The predicted octanol–water partition coefficient (Wildman–Crippen LogP) is 1.54. The van der Waals surface area contributed by atoms with Crippen LogP contribution in [0.5, 0.6) is 0 Å². The van der Waals surface area contributed by atoms with Crippen LogP contribution in [-0.4, -0.2) is 47.1 Å². The Hall–Kier alpha value is -2.15. The van der Waals surface area contributed by atoms with Gasteiger partial charge in [-0.1, -0.05) is 11.8 Å². The molecule has 2 heterocycles. The molecule has 1 aromatic carbocycles. The topological polar surface area (TPSA) is 74.8 Å². The van der Waals surface area contributed by atoms with Gasteiger partial charge in [-0.2, -0.15) is 0 Å². The van der Waals surface area contributed by atoms with Crippen LogP contribution in [0.15, 0.2) is 18.2 Å². The Labute approximate surface area is 137 Å². The summed E-state index contributed by atoms with van der Waals surface area (Å²) < 4.78 is 0. The Morgan fingerprint density at radius 3 is 2.61 bits per heavy atom. The highest BCUT2D eigenvalue weighted by atomic mass is 32.2. The monoisotopic (exact) mass is 332 g/mol. The molecule has 23 heavy (non-hydrogen) atoms. The minimum Gasteiger partial charge on any atom is -0.312 e. The van der Waals surface area contributed by atoms with E-state index in [0.717, 1.165) is 4.90 Å². The molecule has 1 unspecified atom stereocenters. The number of hydrogen-bond donors (Lipinski definition) is 0. The highest BCUT2D eigenvalue weighted by Crippen LogP contribution is 2.31. The van der Waals surface area contributed by atoms with Crippen LogP contribution in [0.2, 0.25) is 0 Å². The maximum absolute atomic E-state index is 12.2. The third kappa shape index (κ3) is 2.76. The van der Waals surface area contributed by atoms with Crippen molar-refractivity contribution >= 4 is 40.3 Å². The lowest BCUT2D eigenvalue weighted by molar-refractivity contribution is -0.117. The molecule has 1 fully saturated rings. The third-order valence-electron chi connectivity index (χ3n) is 4.11. The molecule has 6 nitrogen and oxygen atoms in total. The van der Waals surface area contributed by atoms with Gasteiger partial charge in [0.25, 0.3) is 11.8 Å². The van der Waals surface area contributed by atoms with Crippen molar-refractivity contribution in [1.82, 2.24) is 4.90 Å². The number of benzene rings is 1. The fourth-order valence-electron chi connectivity index (χ4n) is 2.90. The summed E-state index contributed by atoms with van der Waals surface area (Å²) in [6.07, 6.45) is 0.393. The summed E-state index contributed by atoms with van der Waals surface area (Å²) in [7, 11) is 1.44. The van der Waals surface area contributed by atoms with E-state index in [-0.39, 0.29) is 28.8 Å². The van der Waals surface area contributed by atoms with Gasteiger partial charge in [-0.15, -0.1) is 0 Å². The number of carbonyl (C=O) groups is 4. The zero-order valence-corrected chi connectivity index (χ0v) is 13.7. The lowest BCUT2D eigenvalue weighted by atomic mass is 10.1. The molecule has 0 spiro atoms. The summed E-state index contributed by atoms with van der Waals surface area (Å²) in [5.41, 5.74) is 1.33. The van der Waals surface area contributed by atoms with E-state index in [1.165, 1.54) is 25.7 Å². The van der Waals surface area contributed by atoms with Gasteiger partial charge in [-0.25, -0.2) is 0 Å². The first kappa shape index (κ1) is 15.7. The van der Waals surface area contributed by atoms with Crippen LogP contribution in [0.4, 0.5) is 5.69 Å². The minimum absolute atomic E-state index is 0.0239. The molecule has 0 aliphatic carbocycles. The number of amides is 3. The molecule has 0 N–H and O–H groups in total. The van der Waals surface area contributed by atoms with Gasteiger partial charge in [0.05, 0.1) is 11.1 Å². The molecular formula is C16H16N2O4S. The lowest BCUT2D eigenvalue weighted by Crippen LogP contribution is -2.25. The van der Waals surface area contributed by atoms with E-state index < -0.39 is 0 Å². The van der Waals surface area contributed by atoms with Gasteiger partial charge in [-0.05, 0) is 24.1 Å². The van der Waals surface area contributed by atoms with Crippen LogP contribution in [-0.2, 0) is 9.59 Å². The highest BCUT2D eigenvalue weighted by molar-refractivity contribution is 8.13.